The van der Waals surface area contributed by atoms with E-state index in [-0.39, 0.29) is 13.1 Å². The van der Waals surface area contributed by atoms with Gasteiger partial charge in [-0.25, -0.2) is 0 Å². The molecule has 0 radical (unpaired) electrons. The van der Waals surface area contributed by atoms with E-state index in [4.69, 9.17) is 14.2 Å². The van der Waals surface area contributed by atoms with Crippen molar-refractivity contribution in [2.24, 2.45) is 0 Å². The normalized spacial score (nSPS) is 23.3. The Morgan fingerprint density at radius 3 is 2.65 bits per heavy atom. The molecule has 3 rings (SSSR count). The molecule has 2 aliphatic heterocycles. The van der Waals surface area contributed by atoms with Gasteiger partial charge >= 0.3 is 0 Å². The number of rotatable bonds is 8. The SMILES string of the molecule is CN[C@H](CN1CCC1)c1ccc(OCOC2CCCCO2)cc1. The van der Waals surface area contributed by atoms with Crippen LogP contribution < -0.4 is 10.1 Å². The van der Waals surface area contributed by atoms with Crippen LogP contribution in [-0.2, 0) is 9.47 Å². The van der Waals surface area contributed by atoms with Crippen LogP contribution in [0.25, 0.3) is 0 Å². The van der Waals surface area contributed by atoms with E-state index in [9.17, 15) is 0 Å². The molecule has 0 amide bonds. The standard InChI is InChI=1S/C18H28N2O3/c1-19-17(13-20-10-4-11-20)15-6-8-16(9-7-15)22-14-23-18-5-2-3-12-21-18/h6-9,17-19H,2-5,10-14H2,1H3/t17-,18?/m1/s1. The number of ether oxygens (including phenoxy) is 3. The second kappa shape index (κ2) is 8.64. The van der Waals surface area contributed by atoms with E-state index >= 15 is 0 Å². The topological polar surface area (TPSA) is 43.0 Å². The zero-order valence-corrected chi connectivity index (χ0v) is 14.0. The van der Waals surface area contributed by atoms with Crippen LogP contribution in [0.2, 0.25) is 0 Å². The fourth-order valence-electron chi connectivity index (χ4n) is 3.00. The number of hydrogen-bond donors (Lipinski definition) is 1. The van der Waals surface area contributed by atoms with E-state index in [1.807, 2.05) is 19.2 Å². The van der Waals surface area contributed by atoms with Gasteiger partial charge in [0.15, 0.2) is 13.1 Å². The van der Waals surface area contributed by atoms with Gasteiger partial charge in [0, 0.05) is 19.2 Å². The Hall–Kier alpha value is -1.14. The Morgan fingerprint density at radius 2 is 2.04 bits per heavy atom. The molecular weight excluding hydrogens is 292 g/mol. The molecule has 2 saturated heterocycles. The van der Waals surface area contributed by atoms with Crippen LogP contribution in [-0.4, -0.2) is 51.3 Å². The van der Waals surface area contributed by atoms with Crippen molar-refractivity contribution in [2.45, 2.75) is 38.0 Å². The largest absolute Gasteiger partial charge is 0.467 e. The highest BCUT2D eigenvalue weighted by molar-refractivity contribution is 5.29. The molecule has 2 aliphatic rings. The second-order valence-electron chi connectivity index (χ2n) is 6.29. The summed E-state index contributed by atoms with van der Waals surface area (Å²) in [4.78, 5) is 2.48. The number of likely N-dealkylation sites (tertiary alicyclic amines) is 1. The smallest absolute Gasteiger partial charge is 0.191 e. The summed E-state index contributed by atoms with van der Waals surface area (Å²) in [5, 5.41) is 3.40. The number of benzene rings is 1. The third-order valence-electron chi connectivity index (χ3n) is 4.64. The second-order valence-corrected chi connectivity index (χ2v) is 6.29. The maximum absolute atomic E-state index is 5.66. The first-order valence-electron chi connectivity index (χ1n) is 8.71. The van der Waals surface area contributed by atoms with Crippen LogP contribution in [0, 0.1) is 0 Å². The highest BCUT2D eigenvalue weighted by Gasteiger charge is 2.19. The summed E-state index contributed by atoms with van der Waals surface area (Å²) in [6.45, 7) is 4.55. The van der Waals surface area contributed by atoms with E-state index in [2.05, 4.69) is 22.3 Å². The van der Waals surface area contributed by atoms with E-state index in [0.717, 1.165) is 31.7 Å². The third kappa shape index (κ3) is 4.91. The van der Waals surface area contributed by atoms with Crippen molar-refractivity contribution >= 4 is 0 Å². The molecule has 2 heterocycles. The Kier molecular flexibility index (Phi) is 6.28. The maximum Gasteiger partial charge on any atom is 0.191 e. The Morgan fingerprint density at radius 1 is 1.22 bits per heavy atom. The van der Waals surface area contributed by atoms with Crippen molar-refractivity contribution in [1.82, 2.24) is 10.2 Å². The molecule has 2 fully saturated rings. The molecule has 0 aromatic heterocycles. The number of nitrogens with one attached hydrogen (secondary N) is 1. The highest BCUT2D eigenvalue weighted by atomic mass is 16.7. The average Bonchev–Trinajstić information content (AvgIpc) is 2.56. The Bertz CT molecular complexity index is 456. The van der Waals surface area contributed by atoms with E-state index in [1.165, 1.54) is 31.5 Å². The first-order valence-corrected chi connectivity index (χ1v) is 8.71. The van der Waals surface area contributed by atoms with Gasteiger partial charge in [-0.05, 0) is 63.5 Å². The lowest BCUT2D eigenvalue weighted by Crippen LogP contribution is -2.42. The molecule has 0 spiro atoms. The molecular formula is C18H28N2O3. The average molecular weight is 320 g/mol. The Balaban J connectivity index is 1.43. The summed E-state index contributed by atoms with van der Waals surface area (Å²) in [6.07, 6.45) is 4.48. The predicted octanol–water partition coefficient (Wildman–Crippen LogP) is 2.53. The van der Waals surface area contributed by atoms with Crippen LogP contribution in [0.5, 0.6) is 5.75 Å². The van der Waals surface area contributed by atoms with E-state index in [1.54, 1.807) is 0 Å². The number of likely N-dealkylation sites (N-methyl/N-ethyl adjacent to an activating group) is 1. The van der Waals surface area contributed by atoms with Gasteiger partial charge in [-0.15, -0.1) is 0 Å². The van der Waals surface area contributed by atoms with Crippen molar-refractivity contribution in [3.05, 3.63) is 29.8 Å². The summed E-state index contributed by atoms with van der Waals surface area (Å²) in [5.41, 5.74) is 1.29. The van der Waals surface area contributed by atoms with Crippen molar-refractivity contribution in [3.8, 4) is 5.75 Å². The molecule has 1 aromatic carbocycles. The fraction of sp³-hybridized carbons (Fsp3) is 0.667. The first kappa shape index (κ1) is 16.7. The van der Waals surface area contributed by atoms with Gasteiger partial charge in [0.05, 0.1) is 0 Å². The molecule has 23 heavy (non-hydrogen) atoms. The van der Waals surface area contributed by atoms with Crippen molar-refractivity contribution in [1.29, 1.82) is 0 Å². The third-order valence-corrected chi connectivity index (χ3v) is 4.64. The number of nitrogens with zero attached hydrogens (tertiary/aromatic N) is 1. The summed E-state index contributed by atoms with van der Waals surface area (Å²) < 4.78 is 16.8. The first-order chi connectivity index (χ1) is 11.3. The van der Waals surface area contributed by atoms with Gasteiger partial charge in [-0.1, -0.05) is 12.1 Å². The van der Waals surface area contributed by atoms with Gasteiger partial charge in [0.2, 0.25) is 0 Å². The minimum atomic E-state index is -0.103. The summed E-state index contributed by atoms with van der Waals surface area (Å²) >= 11 is 0. The summed E-state index contributed by atoms with van der Waals surface area (Å²) in [6, 6.07) is 8.67. The lowest BCUT2D eigenvalue weighted by atomic mass is 10.0. The molecule has 1 N–H and O–H groups in total. The van der Waals surface area contributed by atoms with Crippen LogP contribution >= 0.6 is 0 Å². The molecule has 1 unspecified atom stereocenters. The van der Waals surface area contributed by atoms with E-state index < -0.39 is 0 Å². The highest BCUT2D eigenvalue weighted by Crippen LogP contribution is 2.21. The van der Waals surface area contributed by atoms with Gasteiger partial charge in [0.1, 0.15) is 5.75 Å². The van der Waals surface area contributed by atoms with Crippen molar-refractivity contribution in [2.75, 3.05) is 40.1 Å². The molecule has 0 saturated carbocycles. The molecule has 5 nitrogen and oxygen atoms in total. The van der Waals surface area contributed by atoms with Gasteiger partial charge in [-0.3, -0.25) is 0 Å². The zero-order valence-electron chi connectivity index (χ0n) is 14.0. The lowest BCUT2D eigenvalue weighted by Gasteiger charge is -2.34. The monoisotopic (exact) mass is 320 g/mol. The van der Waals surface area contributed by atoms with Gasteiger partial charge in [-0.2, -0.15) is 0 Å². The van der Waals surface area contributed by atoms with Crippen LogP contribution in [0.4, 0.5) is 0 Å². The molecule has 1 aromatic rings. The summed E-state index contributed by atoms with van der Waals surface area (Å²) in [5.74, 6) is 0.836. The quantitative estimate of drug-likeness (QED) is 0.746. The minimum Gasteiger partial charge on any atom is -0.467 e. The lowest BCUT2D eigenvalue weighted by molar-refractivity contribution is -0.190. The fourth-order valence-corrected chi connectivity index (χ4v) is 3.00. The number of hydrogen-bond acceptors (Lipinski definition) is 5. The molecule has 5 heteroatoms. The van der Waals surface area contributed by atoms with Crippen LogP contribution in [0.15, 0.2) is 24.3 Å². The van der Waals surface area contributed by atoms with Gasteiger partial charge < -0.3 is 24.4 Å². The predicted molar refractivity (Wildman–Crippen MR) is 89.5 cm³/mol. The van der Waals surface area contributed by atoms with E-state index in [0.29, 0.717) is 6.04 Å². The van der Waals surface area contributed by atoms with Gasteiger partial charge in [0.25, 0.3) is 0 Å². The maximum atomic E-state index is 5.66. The van der Waals surface area contributed by atoms with Crippen molar-refractivity contribution < 1.29 is 14.2 Å². The Labute approximate surface area is 138 Å². The molecule has 0 bridgehead atoms. The molecule has 128 valence electrons. The summed E-state index contributed by atoms with van der Waals surface area (Å²) in [7, 11) is 2.02. The molecule has 2 atom stereocenters. The zero-order chi connectivity index (χ0) is 15.9. The van der Waals surface area contributed by atoms with Crippen LogP contribution in [0.1, 0.15) is 37.3 Å². The van der Waals surface area contributed by atoms with Crippen molar-refractivity contribution in [3.63, 3.8) is 0 Å². The van der Waals surface area contributed by atoms with Crippen LogP contribution in [0.3, 0.4) is 0 Å². The minimum absolute atomic E-state index is 0.103. The molecule has 0 aliphatic carbocycles.